The van der Waals surface area contributed by atoms with E-state index in [9.17, 15) is 14.0 Å². The van der Waals surface area contributed by atoms with Gasteiger partial charge in [0.05, 0.1) is 11.5 Å². The van der Waals surface area contributed by atoms with Crippen molar-refractivity contribution in [3.8, 4) is 0 Å². The van der Waals surface area contributed by atoms with Crippen LogP contribution in [0.2, 0.25) is 0 Å². The van der Waals surface area contributed by atoms with E-state index in [4.69, 9.17) is 0 Å². The van der Waals surface area contributed by atoms with E-state index < -0.39 is 11.7 Å². The third-order valence-electron chi connectivity index (χ3n) is 5.36. The number of halogens is 1. The van der Waals surface area contributed by atoms with Crippen LogP contribution in [0.4, 0.5) is 10.2 Å². The van der Waals surface area contributed by atoms with Crippen molar-refractivity contribution in [2.75, 3.05) is 11.1 Å². The summed E-state index contributed by atoms with van der Waals surface area (Å²) in [6, 6.07) is 6.34. The van der Waals surface area contributed by atoms with Crippen molar-refractivity contribution in [2.24, 2.45) is 5.41 Å². The molecule has 1 aromatic carbocycles. The molecule has 2 heterocycles. The van der Waals surface area contributed by atoms with E-state index in [-0.39, 0.29) is 16.8 Å². The normalized spacial score (nSPS) is 20.1. The number of nitrogens with zero attached hydrogens (tertiary/aromatic N) is 1. The molecule has 2 aromatic rings. The van der Waals surface area contributed by atoms with Crippen molar-refractivity contribution in [3.63, 3.8) is 0 Å². The number of fused-ring (bicyclic) bond motifs is 1. The minimum atomic E-state index is -0.757. The first-order valence-electron chi connectivity index (χ1n) is 9.85. The van der Waals surface area contributed by atoms with Crippen LogP contribution in [0.1, 0.15) is 57.1 Å². The van der Waals surface area contributed by atoms with Crippen LogP contribution >= 0.6 is 11.8 Å². The van der Waals surface area contributed by atoms with E-state index in [2.05, 4.69) is 22.2 Å². The van der Waals surface area contributed by atoms with E-state index in [1.165, 1.54) is 17.8 Å². The predicted molar refractivity (Wildman–Crippen MR) is 113 cm³/mol. The molecule has 0 fully saturated rings. The second kappa shape index (κ2) is 7.44. The number of thioether (sulfide) groups is 1. The van der Waals surface area contributed by atoms with Crippen molar-refractivity contribution < 1.29 is 9.18 Å². The standard InChI is InChI=1S/C22H24FN3O2S/c1-4-9-29-21-25-19-18(20(28)26-21)16(12-7-5-6-8-13(12)23)17-14(24-19)10-22(2,3)11-15(17)27/h5-8,16H,4,9-11H2,1-3H3,(H2,24,25,26,28). The maximum absolute atomic E-state index is 14.8. The largest absolute Gasteiger partial charge is 0.343 e. The zero-order valence-corrected chi connectivity index (χ0v) is 17.6. The number of allylic oxidation sites excluding steroid dienone is 2. The third kappa shape index (κ3) is 3.64. The SMILES string of the molecule is CCCSc1nc2c(c(=O)[nH]1)C(c1ccccc1F)C1=C(CC(C)(C)CC1=O)N2. The average molecular weight is 414 g/mol. The Labute approximate surface area is 173 Å². The molecule has 1 atom stereocenters. The molecule has 7 heteroatoms. The summed E-state index contributed by atoms with van der Waals surface area (Å²) in [5.41, 5.74) is 1.33. The van der Waals surface area contributed by atoms with Gasteiger partial charge in [0.1, 0.15) is 11.6 Å². The molecule has 29 heavy (non-hydrogen) atoms. The highest BCUT2D eigenvalue weighted by Gasteiger charge is 2.43. The summed E-state index contributed by atoms with van der Waals surface area (Å²) in [4.78, 5) is 33.6. The van der Waals surface area contributed by atoms with Gasteiger partial charge in [-0.2, -0.15) is 0 Å². The fourth-order valence-corrected chi connectivity index (χ4v) is 4.90. The van der Waals surface area contributed by atoms with Crippen LogP contribution in [0, 0.1) is 11.2 Å². The van der Waals surface area contributed by atoms with Gasteiger partial charge in [-0.1, -0.05) is 50.7 Å². The number of nitrogens with one attached hydrogen (secondary N) is 2. The highest BCUT2D eigenvalue weighted by Crippen LogP contribution is 2.48. The molecule has 0 spiro atoms. The number of H-pyrrole nitrogens is 1. The van der Waals surface area contributed by atoms with Gasteiger partial charge < -0.3 is 10.3 Å². The van der Waals surface area contributed by atoms with Crippen LogP contribution in [0.3, 0.4) is 0 Å². The Balaban J connectivity index is 1.94. The molecule has 1 aromatic heterocycles. The number of aromatic nitrogens is 2. The molecule has 4 rings (SSSR count). The van der Waals surface area contributed by atoms with Crippen molar-refractivity contribution in [3.05, 3.63) is 62.8 Å². The molecule has 0 saturated carbocycles. The topological polar surface area (TPSA) is 74.8 Å². The lowest BCUT2D eigenvalue weighted by molar-refractivity contribution is -0.118. The summed E-state index contributed by atoms with van der Waals surface area (Å²) in [5, 5.41) is 3.78. The second-order valence-corrected chi connectivity index (χ2v) is 9.48. The number of benzene rings is 1. The van der Waals surface area contributed by atoms with E-state index in [0.717, 1.165) is 17.9 Å². The minimum Gasteiger partial charge on any atom is -0.343 e. The van der Waals surface area contributed by atoms with Gasteiger partial charge in [0.2, 0.25) is 0 Å². The Morgan fingerprint density at radius 3 is 2.72 bits per heavy atom. The van der Waals surface area contributed by atoms with Gasteiger partial charge in [0.25, 0.3) is 5.56 Å². The molecule has 1 aliphatic heterocycles. The first-order valence-corrected chi connectivity index (χ1v) is 10.8. The van der Waals surface area contributed by atoms with Crippen molar-refractivity contribution in [1.82, 2.24) is 9.97 Å². The lowest BCUT2D eigenvalue weighted by Gasteiger charge is -2.38. The Morgan fingerprint density at radius 2 is 2.00 bits per heavy atom. The highest BCUT2D eigenvalue weighted by atomic mass is 32.2. The van der Waals surface area contributed by atoms with Gasteiger partial charge in [-0.05, 0) is 24.3 Å². The first-order chi connectivity index (χ1) is 13.8. The van der Waals surface area contributed by atoms with Crippen LogP contribution in [0.5, 0.6) is 0 Å². The molecule has 2 aliphatic rings. The zero-order valence-electron chi connectivity index (χ0n) is 16.8. The number of aromatic amines is 1. The van der Waals surface area contributed by atoms with Gasteiger partial charge in [0.15, 0.2) is 10.9 Å². The monoisotopic (exact) mass is 413 g/mol. The fraction of sp³-hybridized carbons (Fsp3) is 0.409. The number of hydrogen-bond donors (Lipinski definition) is 2. The Hall–Kier alpha value is -2.41. The predicted octanol–water partition coefficient (Wildman–Crippen LogP) is 4.61. The van der Waals surface area contributed by atoms with E-state index in [1.54, 1.807) is 18.2 Å². The summed E-state index contributed by atoms with van der Waals surface area (Å²) < 4.78 is 14.8. The molecule has 0 saturated heterocycles. The molecule has 0 amide bonds. The molecule has 152 valence electrons. The maximum atomic E-state index is 14.8. The van der Waals surface area contributed by atoms with Gasteiger partial charge in [-0.15, -0.1) is 0 Å². The Bertz CT molecular complexity index is 1070. The first kappa shape index (κ1) is 19.9. The number of ketones is 1. The van der Waals surface area contributed by atoms with E-state index in [1.807, 2.05) is 13.8 Å². The van der Waals surface area contributed by atoms with E-state index >= 15 is 0 Å². The molecule has 1 unspecified atom stereocenters. The summed E-state index contributed by atoms with van der Waals surface area (Å²) in [7, 11) is 0. The van der Waals surface area contributed by atoms with Gasteiger partial charge in [-0.25, -0.2) is 9.37 Å². The minimum absolute atomic E-state index is 0.0495. The number of hydrogen-bond acceptors (Lipinski definition) is 5. The highest BCUT2D eigenvalue weighted by molar-refractivity contribution is 7.99. The Kier molecular flexibility index (Phi) is 5.11. The summed E-state index contributed by atoms with van der Waals surface area (Å²) >= 11 is 1.47. The molecule has 5 nitrogen and oxygen atoms in total. The van der Waals surface area contributed by atoms with Gasteiger partial charge in [-0.3, -0.25) is 9.59 Å². The number of carbonyl (C=O) groups is 1. The smallest absolute Gasteiger partial charge is 0.257 e. The van der Waals surface area contributed by atoms with Crippen LogP contribution < -0.4 is 10.9 Å². The van der Waals surface area contributed by atoms with Crippen molar-refractivity contribution >= 4 is 23.4 Å². The molecular weight excluding hydrogens is 389 g/mol. The van der Waals surface area contributed by atoms with Crippen LogP contribution in [0.25, 0.3) is 0 Å². The second-order valence-electron chi connectivity index (χ2n) is 8.39. The maximum Gasteiger partial charge on any atom is 0.257 e. The fourth-order valence-electron chi connectivity index (χ4n) is 4.18. The summed E-state index contributed by atoms with van der Waals surface area (Å²) in [6.07, 6.45) is 1.96. The summed E-state index contributed by atoms with van der Waals surface area (Å²) in [5.74, 6) is 0.0142. The molecule has 0 radical (unpaired) electrons. The van der Waals surface area contributed by atoms with Crippen molar-refractivity contribution in [1.29, 1.82) is 0 Å². The van der Waals surface area contributed by atoms with Gasteiger partial charge in [0, 0.05) is 29.0 Å². The molecule has 1 aliphatic carbocycles. The lowest BCUT2D eigenvalue weighted by atomic mass is 9.69. The quantitative estimate of drug-likeness (QED) is 0.565. The Morgan fingerprint density at radius 1 is 1.24 bits per heavy atom. The molecule has 0 bridgehead atoms. The molecule has 2 N–H and O–H groups in total. The molecular formula is C22H24FN3O2S. The van der Waals surface area contributed by atoms with Gasteiger partial charge >= 0.3 is 0 Å². The summed E-state index contributed by atoms with van der Waals surface area (Å²) in [6.45, 7) is 6.14. The lowest BCUT2D eigenvalue weighted by Crippen LogP contribution is -2.37. The van der Waals surface area contributed by atoms with E-state index in [0.29, 0.717) is 40.5 Å². The zero-order chi connectivity index (χ0) is 20.8. The number of rotatable bonds is 4. The third-order valence-corrected chi connectivity index (χ3v) is 6.44. The number of Topliss-reactive ketones (excluding diaryl/α,β-unsaturated/α-hetero) is 1. The van der Waals surface area contributed by atoms with Crippen LogP contribution in [-0.4, -0.2) is 21.5 Å². The number of carbonyl (C=O) groups excluding carboxylic acids is 1. The van der Waals surface area contributed by atoms with Crippen LogP contribution in [-0.2, 0) is 4.79 Å². The average Bonchev–Trinajstić information content (AvgIpc) is 2.64. The van der Waals surface area contributed by atoms with Crippen LogP contribution in [0.15, 0.2) is 45.5 Å². The number of anilines is 1. The van der Waals surface area contributed by atoms with Crippen molar-refractivity contribution in [2.45, 2.75) is 51.1 Å².